The first-order valence-corrected chi connectivity index (χ1v) is 14.2. The topological polar surface area (TPSA) is 115 Å². The van der Waals surface area contributed by atoms with E-state index in [9.17, 15) is 19.7 Å². The number of nitrogens with one attached hydrogen (secondary N) is 1. The number of hydrogen-bond acceptors (Lipinski definition) is 9. The van der Waals surface area contributed by atoms with E-state index in [4.69, 9.17) is 17.0 Å². The molecule has 0 atom stereocenters. The Morgan fingerprint density at radius 1 is 1.12 bits per heavy atom. The summed E-state index contributed by atoms with van der Waals surface area (Å²) in [6.45, 7) is 6.25. The maximum atomic E-state index is 13.4. The molecule has 1 fully saturated rings. The van der Waals surface area contributed by atoms with Crippen molar-refractivity contribution in [3.05, 3.63) is 87.0 Å². The molecule has 1 saturated heterocycles. The highest BCUT2D eigenvalue weighted by Crippen LogP contribution is 2.40. The number of amides is 2. The number of nitro groups is 1. The molecule has 2 heterocycles. The van der Waals surface area contributed by atoms with Crippen LogP contribution >= 0.6 is 35.3 Å². The molecule has 1 aromatic heterocycles. The number of nitro benzene ring substituents is 1. The number of ether oxygens (including phenoxy) is 1. The number of nitrogens with zero attached hydrogens (tertiary/aromatic N) is 3. The lowest BCUT2D eigenvalue weighted by Gasteiger charge is -2.29. The molecule has 5 rings (SSSR count). The lowest BCUT2D eigenvalue weighted by molar-refractivity contribution is -0.387. The monoisotopic (exact) mass is 590 g/mol. The molecule has 0 bridgehead atoms. The average Bonchev–Trinajstić information content (AvgIpc) is 3.28. The van der Waals surface area contributed by atoms with Crippen molar-refractivity contribution in [1.29, 1.82) is 0 Å². The van der Waals surface area contributed by atoms with Crippen molar-refractivity contribution in [2.75, 3.05) is 11.5 Å². The molecule has 0 saturated carbocycles. The van der Waals surface area contributed by atoms with E-state index >= 15 is 0 Å². The highest BCUT2D eigenvalue weighted by Gasteiger charge is 2.34. The summed E-state index contributed by atoms with van der Waals surface area (Å²) in [5.41, 5.74) is 3.14. The summed E-state index contributed by atoms with van der Waals surface area (Å²) in [6, 6.07) is 15.7. The third-order valence-corrected chi connectivity index (χ3v) is 8.33. The van der Waals surface area contributed by atoms with Gasteiger partial charge >= 0.3 is 0 Å². The van der Waals surface area contributed by atoms with Gasteiger partial charge in [-0.05, 0) is 92.2 Å². The van der Waals surface area contributed by atoms with Gasteiger partial charge in [0.15, 0.2) is 9.45 Å². The van der Waals surface area contributed by atoms with Crippen molar-refractivity contribution in [3.63, 3.8) is 0 Å². The maximum absolute atomic E-state index is 13.4. The van der Waals surface area contributed by atoms with Gasteiger partial charge in [0, 0.05) is 6.07 Å². The number of anilines is 1. The van der Waals surface area contributed by atoms with Crippen molar-refractivity contribution >= 4 is 79.9 Å². The number of benzene rings is 3. The van der Waals surface area contributed by atoms with E-state index in [0.29, 0.717) is 27.1 Å². The molecule has 0 radical (unpaired) electrons. The van der Waals surface area contributed by atoms with Gasteiger partial charge in [0.1, 0.15) is 11.3 Å². The van der Waals surface area contributed by atoms with Crippen molar-refractivity contribution in [2.24, 2.45) is 0 Å². The van der Waals surface area contributed by atoms with Crippen LogP contribution in [0.4, 0.5) is 11.4 Å². The number of hydrogen-bond donors (Lipinski definition) is 1. The van der Waals surface area contributed by atoms with Gasteiger partial charge in [-0.1, -0.05) is 23.9 Å². The molecular formula is C28H22N4O5S3. The van der Waals surface area contributed by atoms with E-state index in [-0.39, 0.29) is 16.4 Å². The van der Waals surface area contributed by atoms with Crippen LogP contribution in [0.1, 0.15) is 23.6 Å². The van der Waals surface area contributed by atoms with Crippen LogP contribution in [0.5, 0.6) is 5.75 Å². The smallest absolute Gasteiger partial charge is 0.283 e. The Hall–Kier alpha value is -4.13. The quantitative estimate of drug-likeness (QED) is 0.0889. The minimum absolute atomic E-state index is 0.0286. The van der Waals surface area contributed by atoms with E-state index in [1.165, 1.54) is 40.1 Å². The van der Waals surface area contributed by atoms with E-state index < -0.39 is 16.7 Å². The molecule has 0 unspecified atom stereocenters. The summed E-state index contributed by atoms with van der Waals surface area (Å²) in [6.07, 6.45) is 1.34. The largest absolute Gasteiger partial charge is 0.494 e. The molecule has 2 amide bonds. The highest BCUT2D eigenvalue weighted by atomic mass is 32.2. The molecule has 40 heavy (non-hydrogen) atoms. The number of aromatic nitrogens is 1. The first-order valence-electron chi connectivity index (χ1n) is 12.1. The van der Waals surface area contributed by atoms with Crippen LogP contribution in [-0.2, 0) is 9.59 Å². The normalized spacial score (nSPS) is 14.6. The van der Waals surface area contributed by atoms with Gasteiger partial charge in [0.2, 0.25) is 0 Å². The highest BCUT2D eigenvalue weighted by molar-refractivity contribution is 8.01. The third kappa shape index (κ3) is 5.60. The van der Waals surface area contributed by atoms with Crippen LogP contribution in [0.15, 0.2) is 69.4 Å². The molecule has 3 aromatic carbocycles. The number of carbonyl (C=O) groups is 2. The summed E-state index contributed by atoms with van der Waals surface area (Å²) >= 11 is 7.87. The first kappa shape index (κ1) is 27.4. The van der Waals surface area contributed by atoms with Crippen LogP contribution in [0.25, 0.3) is 16.3 Å². The fourth-order valence-corrected chi connectivity index (χ4v) is 6.69. The number of thiazole rings is 1. The number of carbonyl (C=O) groups excluding carboxylic acids is 2. The van der Waals surface area contributed by atoms with Crippen LogP contribution in [0.3, 0.4) is 0 Å². The molecule has 1 aliphatic heterocycles. The zero-order chi connectivity index (χ0) is 28.6. The number of thiocarbonyl (C=S) groups is 1. The minimum Gasteiger partial charge on any atom is -0.494 e. The van der Waals surface area contributed by atoms with Gasteiger partial charge in [-0.25, -0.2) is 4.98 Å². The second-order valence-electron chi connectivity index (χ2n) is 8.93. The zero-order valence-electron chi connectivity index (χ0n) is 21.6. The number of aryl methyl sites for hydroxylation is 2. The summed E-state index contributed by atoms with van der Waals surface area (Å²) in [4.78, 5) is 43.9. The summed E-state index contributed by atoms with van der Waals surface area (Å²) < 4.78 is 7.09. The lowest BCUT2D eigenvalue weighted by atomic mass is 10.1. The molecule has 1 N–H and O–H groups in total. The van der Waals surface area contributed by atoms with E-state index in [2.05, 4.69) is 10.3 Å². The number of rotatable bonds is 7. The Balaban J connectivity index is 1.46. The van der Waals surface area contributed by atoms with E-state index in [1.54, 1.807) is 24.3 Å². The van der Waals surface area contributed by atoms with Gasteiger partial charge in [0.05, 0.1) is 32.3 Å². The molecule has 202 valence electrons. The Bertz CT molecular complexity index is 1730. The van der Waals surface area contributed by atoms with Gasteiger partial charge < -0.3 is 4.74 Å². The molecule has 12 heteroatoms. The van der Waals surface area contributed by atoms with Gasteiger partial charge in [0.25, 0.3) is 17.5 Å². The SMILES string of the molecule is CCOc1ccc2nc(Sc3ccc(/C=C4\C(=O)NC(=S)N(c5cc(C)cc(C)c5)C4=O)cc3[N+](=O)[O-])sc2c1. The second-order valence-corrected chi connectivity index (χ2v) is 11.6. The Morgan fingerprint density at radius 3 is 2.58 bits per heavy atom. The average molecular weight is 591 g/mol. The molecule has 0 spiro atoms. The summed E-state index contributed by atoms with van der Waals surface area (Å²) in [7, 11) is 0. The molecular weight excluding hydrogens is 569 g/mol. The molecule has 1 aliphatic rings. The summed E-state index contributed by atoms with van der Waals surface area (Å²) in [5.74, 6) is -0.546. The van der Waals surface area contributed by atoms with Crippen molar-refractivity contribution in [3.8, 4) is 5.75 Å². The standard InChI is InChI=1S/C28H22N4O5S3/c1-4-37-19-6-7-21-24(14-19)40-28(29-21)39-23-8-5-17(13-22(23)32(35)36)12-20-25(33)30-27(38)31(26(20)34)18-10-15(2)9-16(3)11-18/h5-14H,4H2,1-3H3,(H,30,33,38)/b20-12+. The van der Waals surface area contributed by atoms with Gasteiger partial charge in [-0.3, -0.25) is 29.9 Å². The Morgan fingerprint density at radius 2 is 1.88 bits per heavy atom. The summed E-state index contributed by atoms with van der Waals surface area (Å²) in [5, 5.41) is 14.5. The lowest BCUT2D eigenvalue weighted by Crippen LogP contribution is -2.54. The predicted octanol–water partition coefficient (Wildman–Crippen LogP) is 6.20. The molecule has 4 aromatic rings. The zero-order valence-corrected chi connectivity index (χ0v) is 24.0. The van der Waals surface area contributed by atoms with Gasteiger partial charge in [-0.15, -0.1) is 11.3 Å². The minimum atomic E-state index is -0.669. The van der Waals surface area contributed by atoms with Crippen LogP contribution in [0.2, 0.25) is 0 Å². The second kappa shape index (κ2) is 11.2. The molecule has 0 aliphatic carbocycles. The third-order valence-electron chi connectivity index (χ3n) is 5.91. The van der Waals surface area contributed by atoms with Crippen molar-refractivity contribution in [1.82, 2.24) is 10.3 Å². The van der Waals surface area contributed by atoms with E-state index in [1.807, 2.05) is 45.0 Å². The maximum Gasteiger partial charge on any atom is 0.283 e. The van der Waals surface area contributed by atoms with Crippen molar-refractivity contribution < 1.29 is 19.2 Å². The van der Waals surface area contributed by atoms with Crippen LogP contribution < -0.4 is 15.0 Å². The fraction of sp³-hybridized carbons (Fsp3) is 0.143. The van der Waals surface area contributed by atoms with Crippen LogP contribution in [0, 0.1) is 24.0 Å². The predicted molar refractivity (Wildman–Crippen MR) is 160 cm³/mol. The fourth-order valence-electron chi connectivity index (χ4n) is 4.27. The Labute approximate surface area is 243 Å². The number of fused-ring (bicyclic) bond motifs is 1. The van der Waals surface area contributed by atoms with E-state index in [0.717, 1.165) is 27.1 Å². The van der Waals surface area contributed by atoms with Gasteiger partial charge in [-0.2, -0.15) is 0 Å². The van der Waals surface area contributed by atoms with Crippen LogP contribution in [-0.4, -0.2) is 33.4 Å². The Kier molecular flexibility index (Phi) is 7.66. The molecule has 9 nitrogen and oxygen atoms in total. The van der Waals surface area contributed by atoms with Crippen molar-refractivity contribution in [2.45, 2.75) is 30.0 Å². The first-order chi connectivity index (χ1) is 19.1.